The van der Waals surface area contributed by atoms with Gasteiger partial charge in [0, 0.05) is 25.9 Å². The lowest BCUT2D eigenvalue weighted by molar-refractivity contribution is -0.150. The maximum absolute atomic E-state index is 10.9. The summed E-state index contributed by atoms with van der Waals surface area (Å²) in [4.78, 5) is 14.9. The third-order valence-electron chi connectivity index (χ3n) is 2.04. The van der Waals surface area contributed by atoms with Crippen LogP contribution >= 0.6 is 0 Å². The Balaban J connectivity index is 2.41. The van der Waals surface area contributed by atoms with Gasteiger partial charge in [0.05, 0.1) is 7.11 Å². The molecule has 1 unspecified atom stereocenters. The maximum Gasteiger partial charge on any atom is 0.334 e. The summed E-state index contributed by atoms with van der Waals surface area (Å²) in [5, 5.41) is 9.30. The molecule has 0 aliphatic heterocycles. The molecule has 5 nitrogen and oxygen atoms in total. The molecule has 78 valence electrons. The Hall–Kier alpha value is -1.36. The van der Waals surface area contributed by atoms with Gasteiger partial charge in [-0.2, -0.15) is 0 Å². The molecule has 0 spiro atoms. The lowest BCUT2D eigenvalue weighted by Crippen LogP contribution is -2.22. The van der Waals surface area contributed by atoms with Crippen molar-refractivity contribution in [2.24, 2.45) is 7.05 Å². The van der Waals surface area contributed by atoms with Gasteiger partial charge in [-0.3, -0.25) is 0 Å². The monoisotopic (exact) mass is 198 g/mol. The van der Waals surface area contributed by atoms with E-state index in [1.165, 1.54) is 7.11 Å². The molecule has 1 N–H and O–H groups in total. The molecule has 0 saturated heterocycles. The van der Waals surface area contributed by atoms with Crippen molar-refractivity contribution in [3.63, 3.8) is 0 Å². The van der Waals surface area contributed by atoms with Crippen molar-refractivity contribution in [1.82, 2.24) is 9.55 Å². The zero-order valence-corrected chi connectivity index (χ0v) is 8.30. The number of carbonyl (C=O) groups is 1. The topological polar surface area (TPSA) is 64.3 Å². The predicted molar refractivity (Wildman–Crippen MR) is 49.6 cm³/mol. The smallest absolute Gasteiger partial charge is 0.334 e. The van der Waals surface area contributed by atoms with Gasteiger partial charge >= 0.3 is 5.97 Å². The van der Waals surface area contributed by atoms with Gasteiger partial charge in [0.25, 0.3) is 0 Å². The number of imidazole rings is 1. The highest BCUT2D eigenvalue weighted by Gasteiger charge is 2.15. The van der Waals surface area contributed by atoms with Crippen molar-refractivity contribution in [2.75, 3.05) is 7.11 Å². The molecule has 1 atom stereocenters. The van der Waals surface area contributed by atoms with E-state index in [4.69, 9.17) is 0 Å². The summed E-state index contributed by atoms with van der Waals surface area (Å²) in [5.74, 6) is 0.243. The Kier molecular flexibility index (Phi) is 3.64. The SMILES string of the molecule is COC(=O)C(O)CCc1nccn1C. The predicted octanol–water partition coefficient (Wildman–Crippen LogP) is -0.113. The summed E-state index contributed by atoms with van der Waals surface area (Å²) in [6.07, 6.45) is 3.33. The van der Waals surface area contributed by atoms with Gasteiger partial charge in [-0.15, -0.1) is 0 Å². The van der Waals surface area contributed by atoms with Crippen LogP contribution in [0.3, 0.4) is 0 Å². The van der Waals surface area contributed by atoms with Crippen molar-refractivity contribution >= 4 is 5.97 Å². The van der Waals surface area contributed by atoms with Crippen molar-refractivity contribution in [3.05, 3.63) is 18.2 Å². The number of hydrogen-bond acceptors (Lipinski definition) is 4. The molecule has 0 radical (unpaired) electrons. The number of aromatic nitrogens is 2. The van der Waals surface area contributed by atoms with Crippen LogP contribution in [0.2, 0.25) is 0 Å². The van der Waals surface area contributed by atoms with Gasteiger partial charge in [-0.1, -0.05) is 0 Å². The van der Waals surface area contributed by atoms with E-state index in [2.05, 4.69) is 9.72 Å². The van der Waals surface area contributed by atoms with E-state index < -0.39 is 12.1 Å². The zero-order chi connectivity index (χ0) is 10.6. The fourth-order valence-electron chi connectivity index (χ4n) is 1.16. The number of methoxy groups -OCH3 is 1. The van der Waals surface area contributed by atoms with Gasteiger partial charge in [0.2, 0.25) is 0 Å². The number of nitrogens with zero attached hydrogens (tertiary/aromatic N) is 2. The number of aryl methyl sites for hydroxylation is 2. The molecule has 0 aliphatic rings. The first-order valence-corrected chi connectivity index (χ1v) is 4.37. The summed E-state index contributed by atoms with van der Waals surface area (Å²) < 4.78 is 6.25. The number of ether oxygens (including phenoxy) is 1. The molecule has 0 bridgehead atoms. The van der Waals surface area contributed by atoms with Gasteiger partial charge in [-0.25, -0.2) is 9.78 Å². The summed E-state index contributed by atoms with van der Waals surface area (Å²) in [6, 6.07) is 0. The zero-order valence-electron chi connectivity index (χ0n) is 8.30. The second-order valence-electron chi connectivity index (χ2n) is 3.03. The third-order valence-corrected chi connectivity index (χ3v) is 2.04. The summed E-state index contributed by atoms with van der Waals surface area (Å²) in [5.41, 5.74) is 0. The highest BCUT2D eigenvalue weighted by atomic mass is 16.5. The average Bonchev–Trinajstić information content (AvgIpc) is 2.59. The fourth-order valence-corrected chi connectivity index (χ4v) is 1.16. The highest BCUT2D eigenvalue weighted by molar-refractivity contribution is 5.74. The van der Waals surface area contributed by atoms with E-state index >= 15 is 0 Å². The summed E-state index contributed by atoms with van der Waals surface area (Å²) >= 11 is 0. The molecule has 1 heterocycles. The van der Waals surface area contributed by atoms with Crippen molar-refractivity contribution < 1.29 is 14.6 Å². The number of hydrogen-bond donors (Lipinski definition) is 1. The number of aliphatic hydroxyl groups is 1. The highest BCUT2D eigenvalue weighted by Crippen LogP contribution is 2.03. The number of aliphatic hydroxyl groups excluding tert-OH is 1. The first-order chi connectivity index (χ1) is 6.65. The van der Waals surface area contributed by atoms with E-state index in [0.29, 0.717) is 12.8 Å². The van der Waals surface area contributed by atoms with Crippen LogP contribution in [0.1, 0.15) is 12.2 Å². The van der Waals surface area contributed by atoms with Crippen molar-refractivity contribution in [1.29, 1.82) is 0 Å². The van der Waals surface area contributed by atoms with Crippen LogP contribution < -0.4 is 0 Å². The van der Waals surface area contributed by atoms with Gasteiger partial charge in [-0.05, 0) is 6.42 Å². The standard InChI is InChI=1S/C9H14N2O3/c1-11-6-5-10-8(11)4-3-7(12)9(13)14-2/h5-7,12H,3-4H2,1-2H3. The molecule has 0 aromatic carbocycles. The van der Waals surface area contributed by atoms with E-state index in [-0.39, 0.29) is 0 Å². The first kappa shape index (κ1) is 10.7. The first-order valence-electron chi connectivity index (χ1n) is 4.37. The minimum atomic E-state index is -1.06. The molecule has 1 aromatic heterocycles. The van der Waals surface area contributed by atoms with E-state index in [1.54, 1.807) is 6.20 Å². The molecule has 0 saturated carbocycles. The van der Waals surface area contributed by atoms with E-state index in [0.717, 1.165) is 5.82 Å². The lowest BCUT2D eigenvalue weighted by Gasteiger charge is -2.07. The van der Waals surface area contributed by atoms with Crippen LogP contribution in [0.4, 0.5) is 0 Å². The number of rotatable bonds is 4. The van der Waals surface area contributed by atoms with Crippen LogP contribution in [0.25, 0.3) is 0 Å². The molecular formula is C9H14N2O3. The van der Waals surface area contributed by atoms with Crippen LogP contribution in [0.15, 0.2) is 12.4 Å². The number of carbonyl (C=O) groups excluding carboxylic acids is 1. The average molecular weight is 198 g/mol. The van der Waals surface area contributed by atoms with Crippen LogP contribution in [0.5, 0.6) is 0 Å². The van der Waals surface area contributed by atoms with Crippen molar-refractivity contribution in [3.8, 4) is 0 Å². The van der Waals surface area contributed by atoms with Crippen LogP contribution in [-0.2, 0) is 23.0 Å². The Labute approximate surface area is 82.3 Å². The minimum absolute atomic E-state index is 0.331. The molecule has 14 heavy (non-hydrogen) atoms. The van der Waals surface area contributed by atoms with Crippen LogP contribution in [0, 0.1) is 0 Å². The van der Waals surface area contributed by atoms with E-state index in [9.17, 15) is 9.90 Å². The Bertz CT molecular complexity index is 309. The molecular weight excluding hydrogens is 184 g/mol. The van der Waals surface area contributed by atoms with Gasteiger partial charge in [0.1, 0.15) is 5.82 Å². The Morgan fingerprint density at radius 2 is 2.50 bits per heavy atom. The molecule has 0 aliphatic carbocycles. The third kappa shape index (κ3) is 2.56. The fraction of sp³-hybridized carbons (Fsp3) is 0.556. The molecule has 1 aromatic rings. The lowest BCUT2D eigenvalue weighted by atomic mass is 10.2. The van der Waals surface area contributed by atoms with E-state index in [1.807, 2.05) is 17.8 Å². The molecule has 5 heteroatoms. The van der Waals surface area contributed by atoms with Gasteiger partial charge in [0.15, 0.2) is 6.10 Å². The number of esters is 1. The Morgan fingerprint density at radius 1 is 1.79 bits per heavy atom. The molecule has 1 rings (SSSR count). The molecule has 0 fully saturated rings. The summed E-state index contributed by atoms with van der Waals surface area (Å²) in [6.45, 7) is 0. The largest absolute Gasteiger partial charge is 0.467 e. The minimum Gasteiger partial charge on any atom is -0.467 e. The summed E-state index contributed by atoms with van der Waals surface area (Å²) in [7, 11) is 3.12. The van der Waals surface area contributed by atoms with Crippen molar-refractivity contribution in [2.45, 2.75) is 18.9 Å². The second-order valence-corrected chi connectivity index (χ2v) is 3.03. The normalized spacial score (nSPS) is 12.5. The van der Waals surface area contributed by atoms with Crippen LogP contribution in [-0.4, -0.2) is 33.8 Å². The maximum atomic E-state index is 10.9. The molecule has 0 amide bonds. The second kappa shape index (κ2) is 4.76. The quantitative estimate of drug-likeness (QED) is 0.685. The Morgan fingerprint density at radius 3 is 3.00 bits per heavy atom. The van der Waals surface area contributed by atoms with Gasteiger partial charge < -0.3 is 14.4 Å².